The van der Waals surface area contributed by atoms with E-state index in [9.17, 15) is 4.79 Å². The average molecular weight is 271 g/mol. The first-order valence-electron chi connectivity index (χ1n) is 5.71. The highest BCUT2D eigenvalue weighted by Gasteiger charge is 2.45. The van der Waals surface area contributed by atoms with Crippen molar-refractivity contribution in [2.75, 3.05) is 25.6 Å². The summed E-state index contributed by atoms with van der Waals surface area (Å²) in [5, 5.41) is 0. The molecule has 1 aliphatic heterocycles. The Balaban J connectivity index is 0.00000162. The summed E-state index contributed by atoms with van der Waals surface area (Å²) in [7, 11) is 3.43. The molecular formula is C13H19ClN2O2. The van der Waals surface area contributed by atoms with E-state index in [1.807, 2.05) is 25.1 Å². The van der Waals surface area contributed by atoms with Gasteiger partial charge >= 0.3 is 0 Å². The number of nitrogens with two attached hydrogens (primary N) is 1. The summed E-state index contributed by atoms with van der Waals surface area (Å²) in [6.07, 6.45) is 0.649. The molecule has 18 heavy (non-hydrogen) atoms. The van der Waals surface area contributed by atoms with Crippen molar-refractivity contribution in [1.29, 1.82) is 0 Å². The van der Waals surface area contributed by atoms with Crippen LogP contribution in [-0.2, 0) is 10.2 Å². The van der Waals surface area contributed by atoms with Crippen molar-refractivity contribution in [3.8, 4) is 5.75 Å². The zero-order chi connectivity index (χ0) is 12.6. The molecule has 1 amide bonds. The van der Waals surface area contributed by atoms with Crippen molar-refractivity contribution < 1.29 is 9.53 Å². The van der Waals surface area contributed by atoms with E-state index in [-0.39, 0.29) is 18.3 Å². The fraction of sp³-hybridized carbons (Fsp3) is 0.462. The van der Waals surface area contributed by atoms with Crippen LogP contribution in [0.4, 0.5) is 5.69 Å². The maximum absolute atomic E-state index is 12.3. The zero-order valence-electron chi connectivity index (χ0n) is 10.9. The first-order chi connectivity index (χ1) is 8.04. The van der Waals surface area contributed by atoms with Crippen molar-refractivity contribution in [2.24, 2.45) is 5.73 Å². The van der Waals surface area contributed by atoms with Crippen LogP contribution in [0, 0.1) is 0 Å². The Morgan fingerprint density at radius 1 is 1.44 bits per heavy atom. The molecule has 0 aliphatic carbocycles. The SMILES string of the molecule is COc1ccc2c(c1)[C@](C)(CCN)C(=O)N2C.Cl. The third kappa shape index (κ3) is 1.95. The van der Waals surface area contributed by atoms with Gasteiger partial charge in [-0.3, -0.25) is 4.79 Å². The summed E-state index contributed by atoms with van der Waals surface area (Å²) in [6.45, 7) is 2.44. The maximum atomic E-state index is 12.3. The number of carbonyl (C=O) groups excluding carboxylic acids is 1. The van der Waals surface area contributed by atoms with Gasteiger partial charge in [0, 0.05) is 12.7 Å². The quantitative estimate of drug-likeness (QED) is 0.910. The van der Waals surface area contributed by atoms with Crippen LogP contribution in [0.25, 0.3) is 0 Å². The van der Waals surface area contributed by atoms with Gasteiger partial charge in [0.1, 0.15) is 5.75 Å². The molecule has 0 radical (unpaired) electrons. The lowest BCUT2D eigenvalue weighted by atomic mass is 9.80. The van der Waals surface area contributed by atoms with E-state index in [0.29, 0.717) is 13.0 Å². The molecular weight excluding hydrogens is 252 g/mol. The van der Waals surface area contributed by atoms with Gasteiger partial charge < -0.3 is 15.4 Å². The molecule has 1 atom stereocenters. The average Bonchev–Trinajstić information content (AvgIpc) is 2.52. The Morgan fingerprint density at radius 3 is 2.67 bits per heavy atom. The Morgan fingerprint density at radius 2 is 2.11 bits per heavy atom. The third-order valence-electron chi connectivity index (χ3n) is 3.58. The summed E-state index contributed by atoms with van der Waals surface area (Å²) >= 11 is 0. The highest BCUT2D eigenvalue weighted by Crippen LogP contribution is 2.44. The molecule has 4 nitrogen and oxygen atoms in total. The van der Waals surface area contributed by atoms with Gasteiger partial charge in [0.15, 0.2) is 0 Å². The molecule has 2 rings (SSSR count). The fourth-order valence-electron chi connectivity index (χ4n) is 2.50. The minimum Gasteiger partial charge on any atom is -0.497 e. The normalized spacial score (nSPS) is 21.6. The fourth-order valence-corrected chi connectivity index (χ4v) is 2.50. The number of carbonyl (C=O) groups is 1. The third-order valence-corrected chi connectivity index (χ3v) is 3.58. The molecule has 5 heteroatoms. The van der Waals surface area contributed by atoms with Gasteiger partial charge in [-0.05, 0) is 43.7 Å². The van der Waals surface area contributed by atoms with Crippen LogP contribution < -0.4 is 15.4 Å². The number of benzene rings is 1. The molecule has 1 aromatic rings. The van der Waals surface area contributed by atoms with Crippen LogP contribution >= 0.6 is 12.4 Å². The highest BCUT2D eigenvalue weighted by molar-refractivity contribution is 6.07. The number of anilines is 1. The smallest absolute Gasteiger partial charge is 0.237 e. The van der Waals surface area contributed by atoms with Crippen molar-refractivity contribution in [2.45, 2.75) is 18.8 Å². The first kappa shape index (κ1) is 14.8. The summed E-state index contributed by atoms with van der Waals surface area (Å²) in [5.41, 5.74) is 7.07. The molecule has 1 aliphatic rings. The van der Waals surface area contributed by atoms with E-state index >= 15 is 0 Å². The lowest BCUT2D eigenvalue weighted by Gasteiger charge is -2.22. The van der Waals surface area contributed by atoms with Crippen LogP contribution in [0.3, 0.4) is 0 Å². The highest BCUT2D eigenvalue weighted by atomic mass is 35.5. The lowest BCUT2D eigenvalue weighted by molar-refractivity contribution is -0.122. The number of nitrogens with zero attached hydrogens (tertiary/aromatic N) is 1. The molecule has 1 heterocycles. The van der Waals surface area contributed by atoms with Crippen LogP contribution in [-0.4, -0.2) is 26.6 Å². The number of amides is 1. The van der Waals surface area contributed by atoms with Gasteiger partial charge in [-0.1, -0.05) is 0 Å². The summed E-state index contributed by atoms with van der Waals surface area (Å²) in [5.74, 6) is 0.876. The Kier molecular flexibility index (Phi) is 4.24. The monoisotopic (exact) mass is 270 g/mol. The van der Waals surface area contributed by atoms with E-state index in [4.69, 9.17) is 10.5 Å². The molecule has 0 fully saturated rings. The number of hydrogen-bond donors (Lipinski definition) is 1. The largest absolute Gasteiger partial charge is 0.497 e. The van der Waals surface area contributed by atoms with Crippen LogP contribution in [0.5, 0.6) is 5.75 Å². The molecule has 1 aromatic carbocycles. The van der Waals surface area contributed by atoms with Gasteiger partial charge in [0.25, 0.3) is 0 Å². The number of ether oxygens (including phenoxy) is 1. The number of likely N-dealkylation sites (N-methyl/N-ethyl adjacent to an activating group) is 1. The Hall–Kier alpha value is -1.26. The first-order valence-corrected chi connectivity index (χ1v) is 5.71. The van der Waals surface area contributed by atoms with E-state index in [1.165, 1.54) is 0 Å². The number of rotatable bonds is 3. The van der Waals surface area contributed by atoms with Crippen molar-refractivity contribution in [1.82, 2.24) is 0 Å². The molecule has 0 aromatic heterocycles. The predicted molar refractivity (Wildman–Crippen MR) is 74.7 cm³/mol. The molecule has 0 unspecified atom stereocenters. The number of halogens is 1. The van der Waals surface area contributed by atoms with Crippen LogP contribution in [0.15, 0.2) is 18.2 Å². The summed E-state index contributed by atoms with van der Waals surface area (Å²) in [6, 6.07) is 5.73. The molecule has 0 bridgehead atoms. The second kappa shape index (κ2) is 5.16. The molecule has 2 N–H and O–H groups in total. The topological polar surface area (TPSA) is 55.6 Å². The summed E-state index contributed by atoms with van der Waals surface area (Å²) in [4.78, 5) is 14.0. The second-order valence-electron chi connectivity index (χ2n) is 4.62. The molecule has 0 saturated heterocycles. The molecule has 0 spiro atoms. The van der Waals surface area contributed by atoms with E-state index in [2.05, 4.69) is 0 Å². The molecule has 100 valence electrons. The van der Waals surface area contributed by atoms with Crippen molar-refractivity contribution >= 4 is 24.0 Å². The maximum Gasteiger partial charge on any atom is 0.237 e. The van der Waals surface area contributed by atoms with Crippen LogP contribution in [0.2, 0.25) is 0 Å². The van der Waals surface area contributed by atoms with Gasteiger partial charge in [-0.25, -0.2) is 0 Å². The number of methoxy groups -OCH3 is 1. The Bertz CT molecular complexity index is 464. The van der Waals surface area contributed by atoms with Gasteiger partial charge in [-0.2, -0.15) is 0 Å². The number of fused-ring (bicyclic) bond motifs is 1. The van der Waals surface area contributed by atoms with E-state index in [1.54, 1.807) is 19.1 Å². The lowest BCUT2D eigenvalue weighted by Crippen LogP contribution is -2.37. The van der Waals surface area contributed by atoms with E-state index in [0.717, 1.165) is 17.0 Å². The van der Waals surface area contributed by atoms with Gasteiger partial charge in [0.2, 0.25) is 5.91 Å². The van der Waals surface area contributed by atoms with E-state index < -0.39 is 5.41 Å². The van der Waals surface area contributed by atoms with Gasteiger partial charge in [0.05, 0.1) is 12.5 Å². The van der Waals surface area contributed by atoms with Crippen molar-refractivity contribution in [3.05, 3.63) is 23.8 Å². The minimum atomic E-state index is -0.520. The molecule has 0 saturated carbocycles. The zero-order valence-corrected chi connectivity index (χ0v) is 11.7. The second-order valence-corrected chi connectivity index (χ2v) is 4.62. The van der Waals surface area contributed by atoms with Crippen molar-refractivity contribution in [3.63, 3.8) is 0 Å². The standard InChI is InChI=1S/C13H18N2O2.ClH/c1-13(6-7-14)10-8-9(17-3)4-5-11(10)15(2)12(13)16;/h4-5,8H,6-7,14H2,1-3H3;1H/t13-;/m0./s1. The minimum absolute atomic E-state index is 0. The Labute approximate surface area is 114 Å². The number of hydrogen-bond acceptors (Lipinski definition) is 3. The van der Waals surface area contributed by atoms with Crippen LogP contribution in [0.1, 0.15) is 18.9 Å². The summed E-state index contributed by atoms with van der Waals surface area (Å²) < 4.78 is 5.22. The predicted octanol–water partition coefficient (Wildman–Crippen LogP) is 1.70. The van der Waals surface area contributed by atoms with Gasteiger partial charge in [-0.15, -0.1) is 12.4 Å².